The lowest BCUT2D eigenvalue weighted by Gasteiger charge is -2.13. The van der Waals surface area contributed by atoms with E-state index >= 15 is 0 Å². The summed E-state index contributed by atoms with van der Waals surface area (Å²) in [4.78, 5) is 8.55. The maximum absolute atomic E-state index is 4.36. The number of benzene rings is 1. The van der Waals surface area contributed by atoms with Crippen molar-refractivity contribution in [1.82, 2.24) is 14.4 Å². The van der Waals surface area contributed by atoms with Crippen molar-refractivity contribution in [2.24, 2.45) is 0 Å². The molecular formula is C15H14Br2N4. The van der Waals surface area contributed by atoms with Gasteiger partial charge in [-0.3, -0.25) is 4.40 Å². The minimum atomic E-state index is 0.709. The standard InChI is InChI=1S/C15H14Br2N4/c1-9-3-11(16)4-10(2)15(9)20-6-12-5-19-14-7-18-13(17)8-21(12)14/h3-5,7-8,20H,6H2,1-2H3. The Hall–Kier alpha value is -1.40. The number of fused-ring (bicyclic) bond motifs is 1. The number of hydrogen-bond donors (Lipinski definition) is 1. The molecule has 0 aliphatic rings. The Morgan fingerprint density at radius 1 is 1.10 bits per heavy atom. The fourth-order valence-corrected chi connectivity index (χ4v) is 3.41. The summed E-state index contributed by atoms with van der Waals surface area (Å²) in [6, 6.07) is 4.23. The third-order valence-corrected chi connectivity index (χ3v) is 4.25. The van der Waals surface area contributed by atoms with E-state index in [1.165, 1.54) is 16.8 Å². The van der Waals surface area contributed by atoms with Crippen LogP contribution in [0.2, 0.25) is 0 Å². The van der Waals surface area contributed by atoms with Gasteiger partial charge < -0.3 is 5.32 Å². The van der Waals surface area contributed by atoms with Crippen molar-refractivity contribution in [1.29, 1.82) is 0 Å². The molecule has 0 atom stereocenters. The van der Waals surface area contributed by atoms with Gasteiger partial charge in [0.1, 0.15) is 4.60 Å². The van der Waals surface area contributed by atoms with Crippen molar-refractivity contribution in [3.63, 3.8) is 0 Å². The molecular weight excluding hydrogens is 396 g/mol. The molecule has 1 N–H and O–H groups in total. The second-order valence-corrected chi connectivity index (χ2v) is 6.68. The predicted octanol–water partition coefficient (Wildman–Crippen LogP) is 4.48. The van der Waals surface area contributed by atoms with Crippen LogP contribution in [0.5, 0.6) is 0 Å². The molecule has 0 saturated carbocycles. The Morgan fingerprint density at radius 3 is 2.52 bits per heavy atom. The van der Waals surface area contributed by atoms with E-state index in [0.29, 0.717) is 6.54 Å². The van der Waals surface area contributed by atoms with Crippen molar-refractivity contribution in [3.05, 3.63) is 56.6 Å². The van der Waals surface area contributed by atoms with Gasteiger partial charge in [-0.2, -0.15) is 0 Å². The quantitative estimate of drug-likeness (QED) is 0.693. The van der Waals surface area contributed by atoms with Crippen LogP contribution in [0.4, 0.5) is 5.69 Å². The van der Waals surface area contributed by atoms with E-state index in [-0.39, 0.29) is 0 Å². The second kappa shape index (κ2) is 5.77. The zero-order valence-corrected chi connectivity index (χ0v) is 14.9. The molecule has 4 nitrogen and oxygen atoms in total. The first-order valence-corrected chi connectivity index (χ1v) is 8.11. The topological polar surface area (TPSA) is 42.2 Å². The van der Waals surface area contributed by atoms with Crippen LogP contribution >= 0.6 is 31.9 Å². The number of anilines is 1. The highest BCUT2D eigenvalue weighted by Gasteiger charge is 2.07. The Labute approximate surface area is 139 Å². The molecule has 0 aliphatic heterocycles. The minimum Gasteiger partial charge on any atom is -0.379 e. The number of halogens is 2. The van der Waals surface area contributed by atoms with Crippen molar-refractivity contribution >= 4 is 43.2 Å². The molecule has 3 rings (SSSR count). The van der Waals surface area contributed by atoms with Gasteiger partial charge >= 0.3 is 0 Å². The normalized spacial score (nSPS) is 11.0. The Kier molecular flexibility index (Phi) is 3.99. The van der Waals surface area contributed by atoms with Gasteiger partial charge in [0.05, 0.1) is 24.6 Å². The molecule has 6 heteroatoms. The van der Waals surface area contributed by atoms with Gasteiger partial charge in [-0.05, 0) is 53.0 Å². The summed E-state index contributed by atoms with van der Waals surface area (Å²) in [6.07, 6.45) is 5.56. The average Bonchev–Trinajstić information content (AvgIpc) is 2.80. The van der Waals surface area contributed by atoms with Gasteiger partial charge in [-0.1, -0.05) is 15.9 Å². The van der Waals surface area contributed by atoms with Crippen molar-refractivity contribution in [2.45, 2.75) is 20.4 Å². The largest absolute Gasteiger partial charge is 0.379 e. The third-order valence-electron chi connectivity index (χ3n) is 3.38. The molecule has 0 unspecified atom stereocenters. The molecule has 108 valence electrons. The molecule has 0 saturated heterocycles. The molecule has 0 amide bonds. The van der Waals surface area contributed by atoms with Crippen LogP contribution in [0, 0.1) is 13.8 Å². The summed E-state index contributed by atoms with van der Waals surface area (Å²) < 4.78 is 3.94. The Balaban J connectivity index is 1.89. The lowest BCUT2D eigenvalue weighted by molar-refractivity contribution is 0.979. The molecule has 3 aromatic rings. The molecule has 2 aromatic heterocycles. The van der Waals surface area contributed by atoms with Gasteiger partial charge in [0.25, 0.3) is 0 Å². The Bertz CT molecular complexity index is 788. The van der Waals surface area contributed by atoms with Crippen LogP contribution in [0.25, 0.3) is 5.65 Å². The highest BCUT2D eigenvalue weighted by molar-refractivity contribution is 9.10. The first-order valence-electron chi connectivity index (χ1n) is 6.52. The summed E-state index contributed by atoms with van der Waals surface area (Å²) >= 11 is 6.92. The molecule has 0 fully saturated rings. The number of rotatable bonds is 3. The second-order valence-electron chi connectivity index (χ2n) is 4.96. The van der Waals surface area contributed by atoms with E-state index in [0.717, 1.165) is 20.4 Å². The lowest BCUT2D eigenvalue weighted by Crippen LogP contribution is -2.05. The number of aromatic nitrogens is 3. The fourth-order valence-electron chi connectivity index (χ4n) is 2.42. The molecule has 0 bridgehead atoms. The van der Waals surface area contributed by atoms with Crippen LogP contribution < -0.4 is 5.32 Å². The summed E-state index contributed by atoms with van der Waals surface area (Å²) in [5.41, 5.74) is 5.55. The summed E-state index contributed by atoms with van der Waals surface area (Å²) in [6.45, 7) is 4.92. The summed E-state index contributed by atoms with van der Waals surface area (Å²) in [5.74, 6) is 0. The zero-order chi connectivity index (χ0) is 15.0. The monoisotopic (exact) mass is 408 g/mol. The average molecular weight is 410 g/mol. The maximum Gasteiger partial charge on any atom is 0.155 e. The van der Waals surface area contributed by atoms with E-state index in [4.69, 9.17) is 0 Å². The van der Waals surface area contributed by atoms with Gasteiger partial charge in [-0.15, -0.1) is 0 Å². The maximum atomic E-state index is 4.36. The predicted molar refractivity (Wildman–Crippen MR) is 91.6 cm³/mol. The first-order chi connectivity index (χ1) is 10.0. The third kappa shape index (κ3) is 2.96. The molecule has 0 aliphatic carbocycles. The number of nitrogens with one attached hydrogen (secondary N) is 1. The minimum absolute atomic E-state index is 0.709. The SMILES string of the molecule is Cc1cc(Br)cc(C)c1NCc1cnc2cnc(Br)cn12. The van der Waals surface area contributed by atoms with E-state index in [1.807, 2.05) is 16.8 Å². The number of nitrogens with zero attached hydrogens (tertiary/aromatic N) is 3. The fraction of sp³-hybridized carbons (Fsp3) is 0.200. The van der Waals surface area contributed by atoms with E-state index < -0.39 is 0 Å². The Morgan fingerprint density at radius 2 is 1.81 bits per heavy atom. The van der Waals surface area contributed by atoms with Crippen LogP contribution in [-0.4, -0.2) is 14.4 Å². The summed E-state index contributed by atoms with van der Waals surface area (Å²) in [7, 11) is 0. The van der Waals surface area contributed by atoms with Gasteiger partial charge in [0, 0.05) is 16.4 Å². The van der Waals surface area contributed by atoms with Crippen LogP contribution in [0.3, 0.4) is 0 Å². The van der Waals surface area contributed by atoms with Gasteiger partial charge in [0.15, 0.2) is 5.65 Å². The summed E-state index contributed by atoms with van der Waals surface area (Å²) in [5, 5.41) is 3.51. The molecule has 21 heavy (non-hydrogen) atoms. The molecule has 0 radical (unpaired) electrons. The highest BCUT2D eigenvalue weighted by Crippen LogP contribution is 2.25. The van der Waals surface area contributed by atoms with Crippen molar-refractivity contribution in [3.8, 4) is 0 Å². The smallest absolute Gasteiger partial charge is 0.155 e. The van der Waals surface area contributed by atoms with Crippen LogP contribution in [0.1, 0.15) is 16.8 Å². The van der Waals surface area contributed by atoms with E-state index in [9.17, 15) is 0 Å². The van der Waals surface area contributed by atoms with Gasteiger partial charge in [-0.25, -0.2) is 9.97 Å². The van der Waals surface area contributed by atoms with Crippen LogP contribution in [0.15, 0.2) is 39.8 Å². The van der Waals surface area contributed by atoms with Crippen molar-refractivity contribution < 1.29 is 0 Å². The molecule has 2 heterocycles. The van der Waals surface area contributed by atoms with Crippen molar-refractivity contribution in [2.75, 3.05) is 5.32 Å². The lowest BCUT2D eigenvalue weighted by atomic mass is 10.1. The van der Waals surface area contributed by atoms with E-state index in [1.54, 1.807) is 6.20 Å². The molecule has 0 spiro atoms. The number of imidazole rings is 1. The van der Waals surface area contributed by atoms with E-state index in [2.05, 4.69) is 73.1 Å². The number of hydrogen-bond acceptors (Lipinski definition) is 3. The number of aryl methyl sites for hydroxylation is 2. The first kappa shape index (κ1) is 14.5. The zero-order valence-electron chi connectivity index (χ0n) is 11.7. The van der Waals surface area contributed by atoms with Crippen LogP contribution in [-0.2, 0) is 6.54 Å². The highest BCUT2D eigenvalue weighted by atomic mass is 79.9. The molecule has 1 aromatic carbocycles. The van der Waals surface area contributed by atoms with Gasteiger partial charge in [0.2, 0.25) is 0 Å².